The van der Waals surface area contributed by atoms with E-state index in [2.05, 4.69) is 55.2 Å². The minimum absolute atomic E-state index is 0.111. The lowest BCUT2D eigenvalue weighted by Crippen LogP contribution is -2.29. The van der Waals surface area contributed by atoms with Crippen molar-refractivity contribution in [2.24, 2.45) is 0 Å². The highest BCUT2D eigenvalue weighted by Crippen LogP contribution is 2.32. The number of tetrazole rings is 1. The van der Waals surface area contributed by atoms with Crippen LogP contribution in [0.25, 0.3) is 15.8 Å². The van der Waals surface area contributed by atoms with Crippen molar-refractivity contribution in [3.05, 3.63) is 98.3 Å². The lowest BCUT2D eigenvalue weighted by molar-refractivity contribution is 0.0931. The Labute approximate surface area is 219 Å². The van der Waals surface area contributed by atoms with Gasteiger partial charge in [-0.25, -0.2) is 19.9 Å². The van der Waals surface area contributed by atoms with Gasteiger partial charge in [-0.05, 0) is 76.5 Å². The van der Waals surface area contributed by atoms with Crippen molar-refractivity contribution in [1.29, 1.82) is 0 Å². The van der Waals surface area contributed by atoms with E-state index < -0.39 is 11.6 Å². The maximum absolute atomic E-state index is 13.0. The first-order valence-electron chi connectivity index (χ1n) is 12.0. The van der Waals surface area contributed by atoms with Crippen LogP contribution in [0, 0.1) is 6.92 Å². The van der Waals surface area contributed by atoms with Gasteiger partial charge in [-0.1, -0.05) is 18.2 Å². The molecule has 0 bridgehead atoms. The monoisotopic (exact) mass is 526 g/mol. The molecule has 6 rings (SSSR count). The number of thiophene rings is 1. The molecule has 0 radical (unpaired) electrons. The number of H-pyrrole nitrogens is 1. The lowest BCUT2D eigenvalue weighted by atomic mass is 10.1. The van der Waals surface area contributed by atoms with Crippen LogP contribution in [0.15, 0.2) is 59.7 Å². The van der Waals surface area contributed by atoms with Gasteiger partial charge in [0.25, 0.3) is 11.8 Å². The summed E-state index contributed by atoms with van der Waals surface area (Å²) in [6.45, 7) is 2.42. The molecule has 12 heteroatoms. The Bertz CT molecular complexity index is 1750. The van der Waals surface area contributed by atoms with Gasteiger partial charge in [-0.15, -0.1) is 11.3 Å². The van der Waals surface area contributed by atoms with Crippen molar-refractivity contribution in [2.75, 3.05) is 0 Å². The quantitative estimate of drug-likeness (QED) is 0.308. The van der Waals surface area contributed by atoms with Gasteiger partial charge in [0.1, 0.15) is 17.7 Å². The molecule has 1 aliphatic carbocycles. The van der Waals surface area contributed by atoms with Gasteiger partial charge < -0.3 is 10.6 Å². The van der Waals surface area contributed by atoms with Gasteiger partial charge in [0.05, 0.1) is 11.7 Å². The normalized spacial score (nSPS) is 14.4. The number of hydrogen-bond donors (Lipinski definition) is 3. The molecule has 2 aromatic carbocycles. The van der Waals surface area contributed by atoms with E-state index in [1.807, 2.05) is 24.3 Å². The summed E-state index contributed by atoms with van der Waals surface area (Å²) >= 11 is 1.71. The fourth-order valence-corrected chi connectivity index (χ4v) is 5.67. The van der Waals surface area contributed by atoms with Gasteiger partial charge in [0.15, 0.2) is 0 Å². The smallest absolute Gasteiger partial charge is 0.347 e. The minimum atomic E-state index is -0.421. The van der Waals surface area contributed by atoms with Crippen molar-refractivity contribution in [3.8, 4) is 5.69 Å². The third-order valence-electron chi connectivity index (χ3n) is 6.52. The average Bonchev–Trinajstić information content (AvgIpc) is 3.64. The molecule has 38 heavy (non-hydrogen) atoms. The first-order valence-corrected chi connectivity index (χ1v) is 12.8. The molecular formula is C26H22N8O3S. The highest BCUT2D eigenvalue weighted by atomic mass is 32.1. The maximum Gasteiger partial charge on any atom is 0.365 e. The molecule has 190 valence electrons. The summed E-state index contributed by atoms with van der Waals surface area (Å²) in [5.74, 6) is -0.777. The van der Waals surface area contributed by atoms with E-state index in [0.29, 0.717) is 18.7 Å². The zero-order valence-electron chi connectivity index (χ0n) is 20.3. The number of fused-ring (bicyclic) bond motifs is 2. The van der Waals surface area contributed by atoms with Gasteiger partial charge >= 0.3 is 5.69 Å². The van der Waals surface area contributed by atoms with Crippen molar-refractivity contribution in [2.45, 2.75) is 32.4 Å². The summed E-state index contributed by atoms with van der Waals surface area (Å²) in [6, 6.07) is 14.9. The first-order chi connectivity index (χ1) is 18.4. The van der Waals surface area contributed by atoms with E-state index in [1.54, 1.807) is 17.4 Å². The number of aromatic nitrogens is 6. The molecule has 3 heterocycles. The van der Waals surface area contributed by atoms with Crippen molar-refractivity contribution in [3.63, 3.8) is 0 Å². The van der Waals surface area contributed by atoms with E-state index in [0.717, 1.165) is 23.1 Å². The van der Waals surface area contributed by atoms with Crippen LogP contribution in [0.3, 0.4) is 0 Å². The van der Waals surface area contributed by atoms with Crippen molar-refractivity contribution in [1.82, 2.24) is 40.8 Å². The molecule has 1 atom stereocenters. The Hall–Kier alpha value is -4.71. The summed E-state index contributed by atoms with van der Waals surface area (Å²) in [7, 11) is 0. The number of carbonyl (C=O) groups excluding carboxylic acids is 2. The van der Waals surface area contributed by atoms with Crippen LogP contribution in [0.1, 0.15) is 55.0 Å². The van der Waals surface area contributed by atoms with Crippen LogP contribution in [-0.4, -0.2) is 42.0 Å². The molecule has 0 spiro atoms. The van der Waals surface area contributed by atoms with E-state index in [1.165, 1.54) is 32.0 Å². The Morgan fingerprint density at radius 1 is 1.08 bits per heavy atom. The molecule has 1 aliphatic rings. The highest BCUT2D eigenvalue weighted by Gasteiger charge is 2.26. The summed E-state index contributed by atoms with van der Waals surface area (Å²) in [5, 5.41) is 16.6. The second kappa shape index (κ2) is 9.63. The number of carbonyl (C=O) groups is 2. The maximum atomic E-state index is 13.0. The molecule has 11 nitrogen and oxygen atoms in total. The average molecular weight is 527 g/mol. The van der Waals surface area contributed by atoms with E-state index in [9.17, 15) is 14.4 Å². The summed E-state index contributed by atoms with van der Waals surface area (Å²) in [4.78, 5) is 46.9. The van der Waals surface area contributed by atoms with Crippen LogP contribution in [0.4, 0.5) is 0 Å². The fourth-order valence-electron chi connectivity index (χ4n) is 4.68. The van der Waals surface area contributed by atoms with E-state index >= 15 is 0 Å². The number of nitrogens with zero attached hydrogens (tertiary/aromatic N) is 5. The van der Waals surface area contributed by atoms with E-state index in [4.69, 9.17) is 0 Å². The molecule has 3 aromatic heterocycles. The van der Waals surface area contributed by atoms with Crippen molar-refractivity contribution < 1.29 is 9.59 Å². The summed E-state index contributed by atoms with van der Waals surface area (Å²) in [6.07, 6.45) is 2.65. The number of amides is 2. The largest absolute Gasteiger partial charge is 0.365 e. The second-order valence-corrected chi connectivity index (χ2v) is 10.4. The SMILES string of the molecule is Cc1cc2ccc(CNC(=O)c3cc(C(=O)N[C@@H]4CCc5cc(-n6nn[nH]c6=O)ccc54)ncn3)cc2s1. The molecule has 3 N–H and O–H groups in total. The minimum Gasteiger partial charge on any atom is -0.347 e. The predicted octanol–water partition coefficient (Wildman–Crippen LogP) is 2.62. The summed E-state index contributed by atoms with van der Waals surface area (Å²) < 4.78 is 2.35. The lowest BCUT2D eigenvalue weighted by Gasteiger charge is -2.14. The van der Waals surface area contributed by atoms with Crippen LogP contribution in [0.2, 0.25) is 0 Å². The zero-order chi connectivity index (χ0) is 26.2. The van der Waals surface area contributed by atoms with Crippen LogP contribution < -0.4 is 16.3 Å². The fraction of sp³-hybridized carbons (Fsp3) is 0.192. The molecule has 0 unspecified atom stereocenters. The number of nitrogens with one attached hydrogen (secondary N) is 3. The first kappa shape index (κ1) is 23.7. The number of benzene rings is 2. The Morgan fingerprint density at radius 3 is 2.74 bits per heavy atom. The van der Waals surface area contributed by atoms with Gasteiger partial charge in [-0.3, -0.25) is 9.59 Å². The summed E-state index contributed by atoms with van der Waals surface area (Å²) in [5.41, 5.74) is 3.37. The third kappa shape index (κ3) is 4.57. The van der Waals surface area contributed by atoms with Crippen LogP contribution >= 0.6 is 11.3 Å². The molecule has 0 saturated carbocycles. The Balaban J connectivity index is 1.12. The standard InChI is InChI=1S/C26H22N8O3S/c1-14-8-17-3-2-15(9-23(17)38-14)12-27-24(35)21-11-22(29-13-28-21)25(36)30-20-7-4-16-10-18(5-6-19(16)20)34-26(37)31-32-33-34/h2-3,5-6,8-11,13,20H,4,7,12H2,1H3,(H,27,35)(H,30,36)(H,31,33,37)/t20-/m1/s1. The predicted molar refractivity (Wildman–Crippen MR) is 140 cm³/mol. The number of aromatic amines is 1. The van der Waals surface area contributed by atoms with E-state index in [-0.39, 0.29) is 23.3 Å². The van der Waals surface area contributed by atoms with Crippen LogP contribution in [0.5, 0.6) is 0 Å². The van der Waals surface area contributed by atoms with Gasteiger partial charge in [0.2, 0.25) is 0 Å². The molecule has 0 fully saturated rings. The molecule has 2 amide bonds. The Morgan fingerprint density at radius 2 is 1.92 bits per heavy atom. The Kier molecular flexibility index (Phi) is 6.00. The van der Waals surface area contributed by atoms with Crippen molar-refractivity contribution >= 4 is 33.2 Å². The molecular weight excluding hydrogens is 504 g/mol. The topological polar surface area (TPSA) is 148 Å². The third-order valence-corrected chi connectivity index (χ3v) is 7.53. The zero-order valence-corrected chi connectivity index (χ0v) is 21.1. The molecule has 0 aliphatic heterocycles. The highest BCUT2D eigenvalue weighted by molar-refractivity contribution is 7.19. The second-order valence-electron chi connectivity index (χ2n) is 9.07. The number of rotatable bonds is 6. The van der Waals surface area contributed by atoms with Crippen LogP contribution in [-0.2, 0) is 13.0 Å². The van der Waals surface area contributed by atoms with Gasteiger partial charge in [-0.2, -0.15) is 4.68 Å². The van der Waals surface area contributed by atoms with Gasteiger partial charge in [0, 0.05) is 22.2 Å². The number of hydrogen-bond acceptors (Lipinski definition) is 8. The molecule has 0 saturated heterocycles. The molecule has 5 aromatic rings. The number of aryl methyl sites for hydroxylation is 2.